The van der Waals surface area contributed by atoms with Gasteiger partial charge < -0.3 is 5.32 Å². The Bertz CT molecular complexity index is 937. The Kier molecular flexibility index (Phi) is 3.65. The van der Waals surface area contributed by atoms with Gasteiger partial charge in [-0.05, 0) is 18.6 Å². The van der Waals surface area contributed by atoms with Gasteiger partial charge in [0.2, 0.25) is 0 Å². The minimum absolute atomic E-state index is 0.313. The zero-order valence-corrected chi connectivity index (χ0v) is 12.7. The number of nitrogens with zero attached hydrogens (tertiary/aromatic N) is 4. The summed E-state index contributed by atoms with van der Waals surface area (Å²) in [5.74, 6) is 0.313. The fourth-order valence-corrected chi connectivity index (χ4v) is 2.31. The smallest absolute Gasteiger partial charge is 0.306 e. The van der Waals surface area contributed by atoms with E-state index in [4.69, 9.17) is 5.26 Å². The number of rotatable bonds is 2. The van der Waals surface area contributed by atoms with Crippen LogP contribution in [-0.2, 0) is 7.05 Å². The van der Waals surface area contributed by atoms with Crippen molar-refractivity contribution in [2.75, 3.05) is 10.6 Å². The first kappa shape index (κ1) is 14.5. The highest BCUT2D eigenvalue weighted by Gasteiger charge is 2.11. The number of amides is 2. The molecule has 2 amide bonds. The van der Waals surface area contributed by atoms with Crippen molar-refractivity contribution in [2.24, 2.45) is 7.05 Å². The molecular weight excluding hydrogens is 292 g/mol. The van der Waals surface area contributed by atoms with E-state index in [0.29, 0.717) is 17.2 Å². The number of pyridine rings is 1. The molecule has 0 aliphatic heterocycles. The number of urea groups is 1. The number of para-hydroxylation sites is 1. The van der Waals surface area contributed by atoms with Gasteiger partial charge in [-0.2, -0.15) is 10.4 Å². The van der Waals surface area contributed by atoms with Gasteiger partial charge in [0.25, 0.3) is 0 Å². The summed E-state index contributed by atoms with van der Waals surface area (Å²) in [4.78, 5) is 16.4. The molecule has 0 atom stereocenters. The molecule has 2 aromatic heterocycles. The lowest BCUT2D eigenvalue weighted by Gasteiger charge is -2.10. The summed E-state index contributed by atoms with van der Waals surface area (Å²) in [6.07, 6.45) is 1.62. The van der Waals surface area contributed by atoms with Crippen molar-refractivity contribution in [1.29, 1.82) is 5.26 Å². The van der Waals surface area contributed by atoms with Crippen molar-refractivity contribution in [2.45, 2.75) is 6.92 Å². The maximum atomic E-state index is 12.1. The van der Waals surface area contributed by atoms with Crippen LogP contribution in [0, 0.1) is 18.3 Å². The number of nitriles is 1. The molecule has 0 aliphatic rings. The van der Waals surface area contributed by atoms with Crippen molar-refractivity contribution in [3.8, 4) is 6.07 Å². The Labute approximate surface area is 132 Å². The standard InChI is InChI=1S/C16H14N6O/c1-10-12-5-3-4-6-13(12)18-9-14(10)19-16(23)20-15-7-11(8-17)22(2)21-15/h3-7,9H,1-2H3,(H2,19,20,21,23). The van der Waals surface area contributed by atoms with Crippen LogP contribution in [0.15, 0.2) is 36.5 Å². The van der Waals surface area contributed by atoms with Gasteiger partial charge in [-0.1, -0.05) is 18.2 Å². The minimum atomic E-state index is -0.437. The van der Waals surface area contributed by atoms with Crippen LogP contribution in [-0.4, -0.2) is 20.8 Å². The molecule has 0 aliphatic carbocycles. The first-order valence-electron chi connectivity index (χ1n) is 6.95. The Morgan fingerprint density at radius 3 is 2.83 bits per heavy atom. The Morgan fingerprint density at radius 2 is 2.09 bits per heavy atom. The van der Waals surface area contributed by atoms with Crippen LogP contribution < -0.4 is 10.6 Å². The largest absolute Gasteiger partial charge is 0.324 e. The third-order valence-electron chi connectivity index (χ3n) is 3.53. The van der Waals surface area contributed by atoms with Crippen molar-refractivity contribution in [1.82, 2.24) is 14.8 Å². The molecule has 0 saturated carbocycles. The Hall–Kier alpha value is -3.40. The molecule has 7 nitrogen and oxygen atoms in total. The van der Waals surface area contributed by atoms with Crippen molar-refractivity contribution >= 4 is 28.4 Å². The summed E-state index contributed by atoms with van der Waals surface area (Å²) in [5, 5.41) is 19.3. The molecule has 3 aromatic rings. The molecule has 0 radical (unpaired) electrons. The summed E-state index contributed by atoms with van der Waals surface area (Å²) in [5.41, 5.74) is 2.80. The zero-order valence-electron chi connectivity index (χ0n) is 12.7. The molecule has 3 rings (SSSR count). The molecule has 1 aromatic carbocycles. The average molecular weight is 306 g/mol. The van der Waals surface area contributed by atoms with Gasteiger partial charge in [0.15, 0.2) is 5.82 Å². The molecule has 23 heavy (non-hydrogen) atoms. The van der Waals surface area contributed by atoms with Gasteiger partial charge in [0, 0.05) is 18.5 Å². The number of hydrogen-bond acceptors (Lipinski definition) is 4. The number of benzene rings is 1. The minimum Gasteiger partial charge on any atom is -0.306 e. The van der Waals surface area contributed by atoms with Crippen molar-refractivity contribution < 1.29 is 4.79 Å². The van der Waals surface area contributed by atoms with E-state index < -0.39 is 6.03 Å². The third kappa shape index (κ3) is 2.82. The number of carbonyl (C=O) groups is 1. The van der Waals surface area contributed by atoms with E-state index in [1.807, 2.05) is 37.3 Å². The highest BCUT2D eigenvalue weighted by Crippen LogP contribution is 2.23. The first-order valence-corrected chi connectivity index (χ1v) is 6.95. The second-order valence-electron chi connectivity index (χ2n) is 5.04. The Morgan fingerprint density at radius 1 is 1.30 bits per heavy atom. The lowest BCUT2D eigenvalue weighted by molar-refractivity contribution is 0.262. The van der Waals surface area contributed by atoms with E-state index in [1.165, 1.54) is 10.7 Å². The monoisotopic (exact) mass is 306 g/mol. The maximum Gasteiger partial charge on any atom is 0.324 e. The van der Waals surface area contributed by atoms with E-state index in [9.17, 15) is 4.79 Å². The summed E-state index contributed by atoms with van der Waals surface area (Å²) in [7, 11) is 1.64. The second-order valence-corrected chi connectivity index (χ2v) is 5.04. The number of hydrogen-bond donors (Lipinski definition) is 2. The molecule has 114 valence electrons. The first-order chi connectivity index (χ1) is 11.1. The average Bonchev–Trinajstić information content (AvgIpc) is 2.90. The number of aromatic nitrogens is 3. The molecule has 0 fully saturated rings. The van der Waals surface area contributed by atoms with E-state index in [1.54, 1.807) is 13.2 Å². The van der Waals surface area contributed by atoms with Gasteiger partial charge in [-0.3, -0.25) is 15.0 Å². The summed E-state index contributed by atoms with van der Waals surface area (Å²) in [6.45, 7) is 1.92. The fraction of sp³-hybridized carbons (Fsp3) is 0.125. The zero-order chi connectivity index (χ0) is 16.4. The number of fused-ring (bicyclic) bond motifs is 1. The van der Waals surface area contributed by atoms with Crippen LogP contribution in [0.1, 0.15) is 11.3 Å². The lowest BCUT2D eigenvalue weighted by Crippen LogP contribution is -2.20. The van der Waals surface area contributed by atoms with Gasteiger partial charge in [0.05, 0.1) is 17.4 Å². The van der Waals surface area contributed by atoms with Crippen LogP contribution in [0.4, 0.5) is 16.3 Å². The van der Waals surface area contributed by atoms with E-state index in [2.05, 4.69) is 20.7 Å². The Balaban J connectivity index is 1.80. The molecule has 0 unspecified atom stereocenters. The van der Waals surface area contributed by atoms with Gasteiger partial charge >= 0.3 is 6.03 Å². The molecule has 0 saturated heterocycles. The van der Waals surface area contributed by atoms with Gasteiger partial charge in [0.1, 0.15) is 11.8 Å². The molecular formula is C16H14N6O. The van der Waals surface area contributed by atoms with Crippen molar-refractivity contribution in [3.63, 3.8) is 0 Å². The highest BCUT2D eigenvalue weighted by atomic mass is 16.2. The predicted octanol–water partition coefficient (Wildman–Crippen LogP) is 2.79. The topological polar surface area (TPSA) is 95.6 Å². The summed E-state index contributed by atoms with van der Waals surface area (Å²) < 4.78 is 1.40. The lowest BCUT2D eigenvalue weighted by atomic mass is 10.1. The van der Waals surface area contributed by atoms with Gasteiger partial charge in [-0.25, -0.2) is 4.79 Å². The highest BCUT2D eigenvalue weighted by molar-refractivity contribution is 6.01. The molecule has 0 spiro atoms. The van der Waals surface area contributed by atoms with E-state index in [0.717, 1.165) is 16.5 Å². The molecule has 0 bridgehead atoms. The van der Waals surface area contributed by atoms with Gasteiger partial charge in [-0.15, -0.1) is 0 Å². The molecule has 2 N–H and O–H groups in total. The summed E-state index contributed by atoms with van der Waals surface area (Å²) in [6, 6.07) is 10.8. The van der Waals surface area contributed by atoms with Crippen LogP contribution in [0.5, 0.6) is 0 Å². The number of carbonyl (C=O) groups excluding carboxylic acids is 1. The van der Waals surface area contributed by atoms with Crippen molar-refractivity contribution in [3.05, 3.63) is 47.8 Å². The van der Waals surface area contributed by atoms with Crippen LogP contribution >= 0.6 is 0 Å². The van der Waals surface area contributed by atoms with Crippen LogP contribution in [0.3, 0.4) is 0 Å². The molecule has 7 heteroatoms. The molecule has 2 heterocycles. The van der Waals surface area contributed by atoms with E-state index >= 15 is 0 Å². The summed E-state index contributed by atoms with van der Waals surface area (Å²) >= 11 is 0. The number of aryl methyl sites for hydroxylation is 2. The quantitative estimate of drug-likeness (QED) is 0.761. The van der Waals surface area contributed by atoms with Crippen LogP contribution in [0.25, 0.3) is 10.9 Å². The maximum absolute atomic E-state index is 12.1. The predicted molar refractivity (Wildman–Crippen MR) is 87.0 cm³/mol. The third-order valence-corrected chi connectivity index (χ3v) is 3.53. The number of nitrogens with one attached hydrogen (secondary N) is 2. The normalized spacial score (nSPS) is 10.3. The van der Waals surface area contributed by atoms with E-state index in [-0.39, 0.29) is 0 Å². The fourth-order valence-electron chi connectivity index (χ4n) is 2.31. The SMILES string of the molecule is Cc1c(NC(=O)Nc2cc(C#N)n(C)n2)cnc2ccccc12. The number of anilines is 2. The second kappa shape index (κ2) is 5.77. The van der Waals surface area contributed by atoms with Crippen LogP contribution in [0.2, 0.25) is 0 Å².